The number of hydrogen-bond donors (Lipinski definition) is 1. The Balaban J connectivity index is 1.92. The van der Waals surface area contributed by atoms with Crippen molar-refractivity contribution in [2.24, 2.45) is 0 Å². The molecule has 1 saturated heterocycles. The van der Waals surface area contributed by atoms with Gasteiger partial charge < -0.3 is 5.32 Å². The molecule has 2 aromatic rings. The van der Waals surface area contributed by atoms with Crippen molar-refractivity contribution in [1.82, 2.24) is 19.6 Å². The topological polar surface area (TPSA) is 66.7 Å². The highest BCUT2D eigenvalue weighted by atomic mass is 16.2. The molecule has 0 spiro atoms. The summed E-state index contributed by atoms with van der Waals surface area (Å²) in [7, 11) is 0. The summed E-state index contributed by atoms with van der Waals surface area (Å²) in [6.45, 7) is 6.01. The standard InChI is InChI=1S/C17H22N4O2/c1-3-14-17(23)18-7-4-8-20(14)11-13-9-16(22)21-10-12(2)5-6-15(21)19-13/h5-6,9-10,14H,3-4,7-8,11H2,1-2H3,(H,18,23)/t14-/m0/s1. The lowest BCUT2D eigenvalue weighted by Crippen LogP contribution is -2.43. The van der Waals surface area contributed by atoms with Crippen molar-refractivity contribution in [2.45, 2.75) is 39.3 Å². The van der Waals surface area contributed by atoms with E-state index < -0.39 is 0 Å². The van der Waals surface area contributed by atoms with Gasteiger partial charge in [-0.05, 0) is 31.4 Å². The van der Waals surface area contributed by atoms with Crippen LogP contribution in [0.5, 0.6) is 0 Å². The first-order valence-corrected chi connectivity index (χ1v) is 8.09. The Labute approximate surface area is 135 Å². The highest BCUT2D eigenvalue weighted by Crippen LogP contribution is 2.13. The molecule has 122 valence electrons. The summed E-state index contributed by atoms with van der Waals surface area (Å²) in [5.41, 5.74) is 2.29. The second kappa shape index (κ2) is 6.50. The van der Waals surface area contributed by atoms with Crippen molar-refractivity contribution in [1.29, 1.82) is 0 Å². The predicted molar refractivity (Wildman–Crippen MR) is 88.3 cm³/mol. The molecular formula is C17H22N4O2. The van der Waals surface area contributed by atoms with Gasteiger partial charge in [0, 0.05) is 31.9 Å². The van der Waals surface area contributed by atoms with Gasteiger partial charge in [-0.25, -0.2) is 4.98 Å². The van der Waals surface area contributed by atoms with Gasteiger partial charge in [-0.15, -0.1) is 0 Å². The van der Waals surface area contributed by atoms with Crippen LogP contribution in [0.4, 0.5) is 0 Å². The first kappa shape index (κ1) is 15.7. The number of aryl methyl sites for hydroxylation is 1. The van der Waals surface area contributed by atoms with E-state index >= 15 is 0 Å². The molecule has 0 unspecified atom stereocenters. The molecule has 3 rings (SSSR count). The summed E-state index contributed by atoms with van der Waals surface area (Å²) in [5, 5.41) is 2.94. The minimum atomic E-state index is -0.157. The molecular weight excluding hydrogens is 292 g/mol. The fourth-order valence-corrected chi connectivity index (χ4v) is 3.11. The molecule has 2 aromatic heterocycles. The molecule has 23 heavy (non-hydrogen) atoms. The smallest absolute Gasteiger partial charge is 0.258 e. The van der Waals surface area contributed by atoms with Crippen molar-refractivity contribution in [2.75, 3.05) is 13.1 Å². The number of carbonyl (C=O) groups is 1. The van der Waals surface area contributed by atoms with Crippen molar-refractivity contribution < 1.29 is 4.79 Å². The van der Waals surface area contributed by atoms with Gasteiger partial charge in [-0.3, -0.25) is 18.9 Å². The zero-order valence-corrected chi connectivity index (χ0v) is 13.6. The second-order valence-electron chi connectivity index (χ2n) is 6.06. The Hall–Kier alpha value is -2.21. The lowest BCUT2D eigenvalue weighted by atomic mass is 10.1. The van der Waals surface area contributed by atoms with Crippen LogP contribution in [-0.2, 0) is 11.3 Å². The minimum absolute atomic E-state index is 0.0677. The summed E-state index contributed by atoms with van der Waals surface area (Å²) < 4.78 is 1.56. The average molecular weight is 314 g/mol. The molecule has 1 N–H and O–H groups in total. The van der Waals surface area contributed by atoms with Crippen LogP contribution in [-0.4, -0.2) is 39.3 Å². The van der Waals surface area contributed by atoms with Gasteiger partial charge in [-0.1, -0.05) is 13.0 Å². The third-order valence-corrected chi connectivity index (χ3v) is 4.28. The molecule has 0 saturated carbocycles. The summed E-state index contributed by atoms with van der Waals surface area (Å²) in [6, 6.07) is 5.21. The summed E-state index contributed by atoms with van der Waals surface area (Å²) in [6.07, 6.45) is 3.45. The normalized spacial score (nSPS) is 19.6. The van der Waals surface area contributed by atoms with Crippen LogP contribution >= 0.6 is 0 Å². The molecule has 6 heteroatoms. The van der Waals surface area contributed by atoms with E-state index in [1.165, 1.54) is 0 Å². The number of pyridine rings is 1. The van der Waals surface area contributed by atoms with Gasteiger partial charge in [0.1, 0.15) is 5.65 Å². The molecule has 0 bridgehead atoms. The molecule has 0 radical (unpaired) electrons. The van der Waals surface area contributed by atoms with E-state index in [-0.39, 0.29) is 17.5 Å². The largest absolute Gasteiger partial charge is 0.355 e. The SMILES string of the molecule is CC[C@H]1C(=O)NCCCN1Cc1cc(=O)n2cc(C)ccc2n1. The van der Waals surface area contributed by atoms with E-state index in [2.05, 4.69) is 15.2 Å². The van der Waals surface area contributed by atoms with Crippen molar-refractivity contribution >= 4 is 11.6 Å². The Morgan fingerprint density at radius 2 is 2.17 bits per heavy atom. The van der Waals surface area contributed by atoms with Gasteiger partial charge in [0.15, 0.2) is 0 Å². The predicted octanol–water partition coefficient (Wildman–Crippen LogP) is 1.10. The summed E-state index contributed by atoms with van der Waals surface area (Å²) in [4.78, 5) is 31.1. The maximum absolute atomic E-state index is 12.3. The molecule has 0 aromatic carbocycles. The number of fused-ring (bicyclic) bond motifs is 1. The Morgan fingerprint density at radius 3 is 2.96 bits per heavy atom. The number of amides is 1. The molecule has 1 fully saturated rings. The number of nitrogens with one attached hydrogen (secondary N) is 1. The zero-order chi connectivity index (χ0) is 16.4. The highest BCUT2D eigenvalue weighted by molar-refractivity contribution is 5.81. The van der Waals surface area contributed by atoms with Gasteiger partial charge >= 0.3 is 0 Å². The van der Waals surface area contributed by atoms with E-state index in [0.29, 0.717) is 24.4 Å². The number of carbonyl (C=O) groups excluding carboxylic acids is 1. The summed E-state index contributed by atoms with van der Waals surface area (Å²) in [5.74, 6) is 0.0677. The van der Waals surface area contributed by atoms with Crippen LogP contribution in [0.25, 0.3) is 5.65 Å². The average Bonchev–Trinajstić information content (AvgIpc) is 2.69. The highest BCUT2D eigenvalue weighted by Gasteiger charge is 2.26. The van der Waals surface area contributed by atoms with Crippen molar-refractivity contribution in [3.8, 4) is 0 Å². The number of hydrogen-bond acceptors (Lipinski definition) is 4. The Bertz CT molecular complexity index is 784. The zero-order valence-electron chi connectivity index (χ0n) is 13.6. The number of aromatic nitrogens is 2. The lowest BCUT2D eigenvalue weighted by molar-refractivity contribution is -0.125. The lowest BCUT2D eigenvalue weighted by Gasteiger charge is -2.26. The van der Waals surface area contributed by atoms with Crippen LogP contribution in [0.3, 0.4) is 0 Å². The van der Waals surface area contributed by atoms with Gasteiger partial charge in [0.25, 0.3) is 5.56 Å². The van der Waals surface area contributed by atoms with E-state index in [1.807, 2.05) is 26.0 Å². The molecule has 1 atom stereocenters. The summed E-state index contributed by atoms with van der Waals surface area (Å²) >= 11 is 0. The van der Waals surface area contributed by atoms with Crippen molar-refractivity contribution in [3.05, 3.63) is 46.0 Å². The Morgan fingerprint density at radius 1 is 1.35 bits per heavy atom. The number of rotatable bonds is 3. The fraction of sp³-hybridized carbons (Fsp3) is 0.471. The van der Waals surface area contributed by atoms with E-state index in [4.69, 9.17) is 0 Å². The third kappa shape index (κ3) is 3.27. The van der Waals surface area contributed by atoms with Crippen LogP contribution in [0.15, 0.2) is 29.2 Å². The van der Waals surface area contributed by atoms with E-state index in [0.717, 1.165) is 24.9 Å². The second-order valence-corrected chi connectivity index (χ2v) is 6.06. The van der Waals surface area contributed by atoms with Crippen LogP contribution in [0, 0.1) is 6.92 Å². The van der Waals surface area contributed by atoms with E-state index in [9.17, 15) is 9.59 Å². The van der Waals surface area contributed by atoms with Crippen LogP contribution in [0.1, 0.15) is 31.0 Å². The molecule has 6 nitrogen and oxygen atoms in total. The third-order valence-electron chi connectivity index (χ3n) is 4.28. The molecule has 1 amide bonds. The Kier molecular flexibility index (Phi) is 4.43. The molecule has 1 aliphatic rings. The van der Waals surface area contributed by atoms with Gasteiger partial charge in [-0.2, -0.15) is 0 Å². The molecule has 0 aliphatic carbocycles. The molecule has 3 heterocycles. The number of nitrogens with zero attached hydrogens (tertiary/aromatic N) is 3. The van der Waals surface area contributed by atoms with Crippen LogP contribution in [0.2, 0.25) is 0 Å². The van der Waals surface area contributed by atoms with Gasteiger partial charge in [0.05, 0.1) is 11.7 Å². The maximum atomic E-state index is 12.3. The maximum Gasteiger partial charge on any atom is 0.258 e. The first-order chi connectivity index (χ1) is 11.1. The fourth-order valence-electron chi connectivity index (χ4n) is 3.11. The van der Waals surface area contributed by atoms with Crippen LogP contribution < -0.4 is 10.9 Å². The van der Waals surface area contributed by atoms with E-state index in [1.54, 1.807) is 16.7 Å². The monoisotopic (exact) mass is 314 g/mol. The first-order valence-electron chi connectivity index (χ1n) is 8.09. The van der Waals surface area contributed by atoms with Gasteiger partial charge in [0.2, 0.25) is 5.91 Å². The quantitative estimate of drug-likeness (QED) is 0.921. The minimum Gasteiger partial charge on any atom is -0.355 e. The molecule has 1 aliphatic heterocycles. The van der Waals surface area contributed by atoms with Crippen molar-refractivity contribution in [3.63, 3.8) is 0 Å².